The number of nitrogens with zero attached hydrogens (tertiary/aromatic N) is 1. The zero-order valence-electron chi connectivity index (χ0n) is 11.1. The maximum Gasteiger partial charge on any atom is 0.350 e. The molecule has 0 aliphatic carbocycles. The summed E-state index contributed by atoms with van der Waals surface area (Å²) in [4.78, 5) is 35.0. The molecule has 8 heteroatoms. The number of thiophene rings is 1. The molecule has 2 N–H and O–H groups in total. The Morgan fingerprint density at radius 3 is 2.95 bits per heavy atom. The summed E-state index contributed by atoms with van der Waals surface area (Å²) in [5.74, 6) is -0.892. The quantitative estimate of drug-likeness (QED) is 0.795. The predicted octanol–water partition coefficient (Wildman–Crippen LogP) is 0.599. The summed E-state index contributed by atoms with van der Waals surface area (Å²) >= 11 is 1.20. The zero-order chi connectivity index (χ0) is 14.7. The van der Waals surface area contributed by atoms with Crippen LogP contribution in [0, 0.1) is 0 Å². The lowest BCUT2D eigenvalue weighted by Gasteiger charge is -2.19. The highest BCUT2D eigenvalue weighted by Gasteiger charge is 2.28. The predicted molar refractivity (Wildman–Crippen MR) is 73.2 cm³/mol. The minimum Gasteiger partial charge on any atom is -0.465 e. The van der Waals surface area contributed by atoms with Gasteiger partial charge in [-0.25, -0.2) is 9.80 Å². The van der Waals surface area contributed by atoms with Gasteiger partial charge in [0.15, 0.2) is 0 Å². The molecule has 2 amide bonds. The van der Waals surface area contributed by atoms with E-state index >= 15 is 0 Å². The van der Waals surface area contributed by atoms with Crippen molar-refractivity contribution >= 4 is 34.8 Å². The smallest absolute Gasteiger partial charge is 0.350 e. The molecular weight excluding hydrogens is 282 g/mol. The van der Waals surface area contributed by atoms with Crippen molar-refractivity contribution in [1.29, 1.82) is 0 Å². The van der Waals surface area contributed by atoms with Gasteiger partial charge in [0, 0.05) is 12.5 Å². The zero-order valence-corrected chi connectivity index (χ0v) is 12.0. The number of methoxy groups -OCH3 is 1. The number of carbonyl (C=O) groups is 3. The first kappa shape index (κ1) is 14.5. The van der Waals surface area contributed by atoms with E-state index in [9.17, 15) is 14.4 Å². The molecule has 0 saturated carbocycles. The van der Waals surface area contributed by atoms with Crippen LogP contribution in [0.5, 0.6) is 0 Å². The monoisotopic (exact) mass is 297 g/mol. The molecule has 0 unspecified atom stereocenters. The first-order valence-corrected chi connectivity index (χ1v) is 6.91. The van der Waals surface area contributed by atoms with Crippen LogP contribution in [-0.4, -0.2) is 42.5 Å². The van der Waals surface area contributed by atoms with E-state index in [1.165, 1.54) is 18.4 Å². The van der Waals surface area contributed by atoms with Crippen LogP contribution in [0.15, 0.2) is 11.4 Å². The maximum atomic E-state index is 11.9. The van der Waals surface area contributed by atoms with E-state index in [1.807, 2.05) is 6.92 Å². The average Bonchev–Trinajstić information content (AvgIpc) is 2.96. The van der Waals surface area contributed by atoms with E-state index < -0.39 is 5.97 Å². The minimum absolute atomic E-state index is 0.0311. The van der Waals surface area contributed by atoms with Crippen molar-refractivity contribution in [2.75, 3.05) is 19.0 Å². The molecule has 1 aromatic heterocycles. The molecule has 1 atom stereocenters. The van der Waals surface area contributed by atoms with Gasteiger partial charge in [-0.2, -0.15) is 0 Å². The van der Waals surface area contributed by atoms with Gasteiger partial charge in [0.05, 0.1) is 19.3 Å². The largest absolute Gasteiger partial charge is 0.465 e. The lowest BCUT2D eigenvalue weighted by Crippen LogP contribution is -2.42. The Hall–Kier alpha value is -1.93. The Labute approximate surface area is 119 Å². The highest BCUT2D eigenvalue weighted by molar-refractivity contribution is 7.12. The molecule has 1 fully saturated rings. The summed E-state index contributed by atoms with van der Waals surface area (Å²) in [6, 6.07) is 1.61. The van der Waals surface area contributed by atoms with E-state index in [0.29, 0.717) is 17.0 Å². The Morgan fingerprint density at radius 2 is 2.35 bits per heavy atom. The summed E-state index contributed by atoms with van der Waals surface area (Å²) in [7, 11) is 1.29. The van der Waals surface area contributed by atoms with Crippen LogP contribution < -0.4 is 10.7 Å². The van der Waals surface area contributed by atoms with Gasteiger partial charge in [0.2, 0.25) is 11.8 Å². The SMILES string of the molecule is COC(=O)c1sccc1NC(=O)CN1NC(=O)C[C@@H]1C. The molecule has 108 valence electrons. The van der Waals surface area contributed by atoms with Gasteiger partial charge < -0.3 is 10.1 Å². The molecule has 1 aliphatic rings. The fraction of sp³-hybridized carbons (Fsp3) is 0.417. The molecule has 0 bridgehead atoms. The molecular formula is C12H15N3O4S. The number of ether oxygens (including phenoxy) is 1. The maximum absolute atomic E-state index is 11.9. The van der Waals surface area contributed by atoms with Crippen LogP contribution in [0.2, 0.25) is 0 Å². The Balaban J connectivity index is 1.97. The second-order valence-electron chi connectivity index (χ2n) is 4.42. The number of hydrazine groups is 1. The molecule has 2 rings (SSSR count). The fourth-order valence-corrected chi connectivity index (χ4v) is 2.66. The third-order valence-corrected chi connectivity index (χ3v) is 3.80. The van der Waals surface area contributed by atoms with Crippen LogP contribution in [0.3, 0.4) is 0 Å². The molecule has 1 aromatic rings. The molecule has 2 heterocycles. The van der Waals surface area contributed by atoms with Crippen LogP contribution in [0.1, 0.15) is 23.0 Å². The van der Waals surface area contributed by atoms with Crippen molar-refractivity contribution in [2.45, 2.75) is 19.4 Å². The van der Waals surface area contributed by atoms with Crippen LogP contribution in [0.4, 0.5) is 5.69 Å². The van der Waals surface area contributed by atoms with Gasteiger partial charge in [0.1, 0.15) is 4.88 Å². The molecule has 1 aliphatic heterocycles. The molecule has 7 nitrogen and oxygen atoms in total. The number of nitrogens with one attached hydrogen (secondary N) is 2. The number of hydrogen-bond acceptors (Lipinski definition) is 6. The normalized spacial score (nSPS) is 18.7. The first-order chi connectivity index (χ1) is 9.51. The molecule has 0 radical (unpaired) electrons. The first-order valence-electron chi connectivity index (χ1n) is 6.03. The topological polar surface area (TPSA) is 87.7 Å². The fourth-order valence-electron chi connectivity index (χ4n) is 1.89. The lowest BCUT2D eigenvalue weighted by atomic mass is 10.2. The lowest BCUT2D eigenvalue weighted by molar-refractivity contribution is -0.122. The molecule has 20 heavy (non-hydrogen) atoms. The van der Waals surface area contributed by atoms with Crippen molar-refractivity contribution in [3.8, 4) is 0 Å². The van der Waals surface area contributed by atoms with E-state index in [0.717, 1.165) is 0 Å². The second-order valence-corrected chi connectivity index (χ2v) is 5.34. The minimum atomic E-state index is -0.488. The van der Waals surface area contributed by atoms with E-state index in [-0.39, 0.29) is 24.4 Å². The Morgan fingerprint density at radius 1 is 1.60 bits per heavy atom. The number of amides is 2. The van der Waals surface area contributed by atoms with Crippen LogP contribution >= 0.6 is 11.3 Å². The van der Waals surface area contributed by atoms with E-state index in [1.54, 1.807) is 16.5 Å². The Kier molecular flexibility index (Phi) is 4.35. The summed E-state index contributed by atoms with van der Waals surface area (Å²) in [5, 5.41) is 5.91. The van der Waals surface area contributed by atoms with Crippen molar-refractivity contribution in [2.24, 2.45) is 0 Å². The van der Waals surface area contributed by atoms with Gasteiger partial charge in [-0.3, -0.25) is 15.0 Å². The van der Waals surface area contributed by atoms with E-state index in [2.05, 4.69) is 15.5 Å². The van der Waals surface area contributed by atoms with Gasteiger partial charge in [-0.15, -0.1) is 11.3 Å². The van der Waals surface area contributed by atoms with Gasteiger partial charge >= 0.3 is 5.97 Å². The van der Waals surface area contributed by atoms with E-state index in [4.69, 9.17) is 0 Å². The number of rotatable bonds is 4. The highest BCUT2D eigenvalue weighted by Crippen LogP contribution is 2.23. The number of anilines is 1. The van der Waals surface area contributed by atoms with Crippen LogP contribution in [-0.2, 0) is 14.3 Å². The van der Waals surface area contributed by atoms with Gasteiger partial charge in [-0.05, 0) is 18.4 Å². The van der Waals surface area contributed by atoms with Crippen molar-refractivity contribution in [3.63, 3.8) is 0 Å². The van der Waals surface area contributed by atoms with Crippen molar-refractivity contribution < 1.29 is 19.1 Å². The summed E-state index contributed by atoms with van der Waals surface area (Å²) in [5.41, 5.74) is 3.03. The van der Waals surface area contributed by atoms with Crippen molar-refractivity contribution in [1.82, 2.24) is 10.4 Å². The third-order valence-electron chi connectivity index (χ3n) is 2.91. The number of esters is 1. The van der Waals surface area contributed by atoms with Gasteiger partial charge in [0.25, 0.3) is 0 Å². The van der Waals surface area contributed by atoms with Gasteiger partial charge in [-0.1, -0.05) is 0 Å². The second kappa shape index (κ2) is 6.02. The third kappa shape index (κ3) is 3.14. The molecule has 0 aromatic carbocycles. The van der Waals surface area contributed by atoms with Crippen LogP contribution in [0.25, 0.3) is 0 Å². The molecule has 1 saturated heterocycles. The summed E-state index contributed by atoms with van der Waals surface area (Å²) in [6.45, 7) is 1.89. The molecule has 0 spiro atoms. The number of hydrogen-bond donors (Lipinski definition) is 2. The summed E-state index contributed by atoms with van der Waals surface area (Å²) in [6.07, 6.45) is 0.374. The highest BCUT2D eigenvalue weighted by atomic mass is 32.1. The number of carbonyl (C=O) groups excluding carboxylic acids is 3. The Bertz CT molecular complexity index is 543. The average molecular weight is 297 g/mol. The summed E-state index contributed by atoms with van der Waals surface area (Å²) < 4.78 is 4.63. The van der Waals surface area contributed by atoms with Crippen molar-refractivity contribution in [3.05, 3.63) is 16.3 Å². The standard InChI is InChI=1S/C12H15N3O4S/c1-7-5-9(16)14-15(7)6-10(17)13-8-3-4-20-11(8)12(18)19-2/h3-4,7H,5-6H2,1-2H3,(H,13,17)(H,14,16)/t7-/m0/s1.